The summed E-state index contributed by atoms with van der Waals surface area (Å²) in [5, 5.41) is 0. The zero-order chi connectivity index (χ0) is 13.0. The fraction of sp³-hybridized carbons (Fsp3) is 0.462. The van der Waals surface area contributed by atoms with E-state index in [1.54, 1.807) is 11.9 Å². The number of nitrogens with two attached hydrogens (primary N) is 1. The highest BCUT2D eigenvalue weighted by atomic mass is 16.5. The Morgan fingerprint density at radius 2 is 2.00 bits per heavy atom. The van der Waals surface area contributed by atoms with E-state index < -0.39 is 0 Å². The summed E-state index contributed by atoms with van der Waals surface area (Å²) in [5.74, 6) is 0.691. The van der Waals surface area contributed by atoms with Gasteiger partial charge in [0.1, 0.15) is 5.75 Å². The molecule has 0 aromatic heterocycles. The largest absolute Gasteiger partial charge is 0.483 e. The number of carbonyl (C=O) groups excluding carboxylic acids is 1. The summed E-state index contributed by atoms with van der Waals surface area (Å²) in [7, 11) is 1.76. The number of amides is 1. The monoisotopic (exact) mass is 236 g/mol. The van der Waals surface area contributed by atoms with Crippen molar-refractivity contribution in [2.45, 2.75) is 20.8 Å². The van der Waals surface area contributed by atoms with Crippen LogP contribution in [0.1, 0.15) is 18.1 Å². The van der Waals surface area contributed by atoms with Crippen molar-refractivity contribution in [3.8, 4) is 5.75 Å². The molecule has 17 heavy (non-hydrogen) atoms. The number of carbonyl (C=O) groups is 1. The highest BCUT2D eigenvalue weighted by Crippen LogP contribution is 2.24. The summed E-state index contributed by atoms with van der Waals surface area (Å²) < 4.78 is 5.51. The van der Waals surface area contributed by atoms with Gasteiger partial charge in [0.25, 0.3) is 5.91 Å². The van der Waals surface area contributed by atoms with Crippen LogP contribution in [0.3, 0.4) is 0 Å². The predicted octanol–water partition coefficient (Wildman–Crippen LogP) is 1.74. The van der Waals surface area contributed by atoms with Gasteiger partial charge in [-0.25, -0.2) is 0 Å². The minimum atomic E-state index is -0.0265. The quantitative estimate of drug-likeness (QED) is 0.810. The molecule has 0 heterocycles. The Bertz CT molecular complexity index is 416. The molecule has 1 rings (SSSR count). The van der Waals surface area contributed by atoms with Crippen LogP contribution in [0.4, 0.5) is 5.69 Å². The lowest BCUT2D eigenvalue weighted by atomic mass is 10.1. The van der Waals surface area contributed by atoms with Crippen LogP contribution in [-0.2, 0) is 4.79 Å². The number of nitrogen functional groups attached to an aromatic ring is 1. The second kappa shape index (κ2) is 5.57. The Hall–Kier alpha value is -1.71. The maximum absolute atomic E-state index is 11.6. The Labute approximate surface area is 102 Å². The van der Waals surface area contributed by atoms with E-state index >= 15 is 0 Å². The molecule has 0 atom stereocenters. The number of hydrogen-bond acceptors (Lipinski definition) is 3. The summed E-state index contributed by atoms with van der Waals surface area (Å²) in [6.45, 7) is 6.51. The number of likely N-dealkylation sites (N-methyl/N-ethyl adjacent to an activating group) is 1. The fourth-order valence-electron chi connectivity index (χ4n) is 1.39. The van der Waals surface area contributed by atoms with Gasteiger partial charge in [0.2, 0.25) is 0 Å². The van der Waals surface area contributed by atoms with Crippen molar-refractivity contribution in [2.24, 2.45) is 0 Å². The molecule has 0 spiro atoms. The van der Waals surface area contributed by atoms with Crippen molar-refractivity contribution >= 4 is 11.6 Å². The first-order chi connectivity index (χ1) is 7.95. The molecular weight excluding hydrogens is 216 g/mol. The number of hydrogen-bond donors (Lipinski definition) is 1. The molecule has 1 aromatic carbocycles. The lowest BCUT2D eigenvalue weighted by molar-refractivity contribution is -0.131. The van der Waals surface area contributed by atoms with Crippen LogP contribution < -0.4 is 10.5 Å². The number of anilines is 1. The molecule has 0 aliphatic heterocycles. The van der Waals surface area contributed by atoms with Crippen LogP contribution >= 0.6 is 0 Å². The van der Waals surface area contributed by atoms with Gasteiger partial charge in [-0.15, -0.1) is 0 Å². The summed E-state index contributed by atoms with van der Waals surface area (Å²) in [6, 6.07) is 3.72. The van der Waals surface area contributed by atoms with E-state index in [0.29, 0.717) is 6.54 Å². The topological polar surface area (TPSA) is 55.6 Å². The van der Waals surface area contributed by atoms with Gasteiger partial charge in [-0.05, 0) is 44.0 Å². The summed E-state index contributed by atoms with van der Waals surface area (Å²) in [4.78, 5) is 13.2. The van der Waals surface area contributed by atoms with Crippen molar-refractivity contribution in [1.82, 2.24) is 4.90 Å². The Balaban J connectivity index is 2.70. The van der Waals surface area contributed by atoms with Gasteiger partial charge in [0.05, 0.1) is 0 Å². The molecule has 0 saturated heterocycles. The zero-order valence-corrected chi connectivity index (χ0v) is 10.9. The molecule has 94 valence electrons. The Kier molecular flexibility index (Phi) is 4.37. The Morgan fingerprint density at radius 3 is 2.59 bits per heavy atom. The van der Waals surface area contributed by atoms with E-state index in [1.807, 2.05) is 32.9 Å². The second-order valence-electron chi connectivity index (χ2n) is 4.17. The van der Waals surface area contributed by atoms with Gasteiger partial charge in [0, 0.05) is 19.3 Å². The first-order valence-corrected chi connectivity index (χ1v) is 5.69. The molecular formula is C13H20N2O2. The minimum absolute atomic E-state index is 0.0265. The van der Waals surface area contributed by atoms with Crippen molar-refractivity contribution in [1.29, 1.82) is 0 Å². The summed E-state index contributed by atoms with van der Waals surface area (Å²) >= 11 is 0. The molecule has 0 aliphatic rings. The third-order valence-corrected chi connectivity index (χ3v) is 2.81. The second-order valence-corrected chi connectivity index (χ2v) is 4.17. The number of benzene rings is 1. The maximum atomic E-state index is 11.6. The molecule has 0 fully saturated rings. The molecule has 4 heteroatoms. The molecule has 0 aliphatic carbocycles. The van der Waals surface area contributed by atoms with Crippen molar-refractivity contribution < 1.29 is 9.53 Å². The first-order valence-electron chi connectivity index (χ1n) is 5.69. The van der Waals surface area contributed by atoms with Crippen LogP contribution in [0.2, 0.25) is 0 Å². The van der Waals surface area contributed by atoms with E-state index in [2.05, 4.69) is 0 Å². The van der Waals surface area contributed by atoms with E-state index in [-0.39, 0.29) is 12.5 Å². The predicted molar refractivity (Wildman–Crippen MR) is 69.1 cm³/mol. The average Bonchev–Trinajstić information content (AvgIpc) is 2.30. The summed E-state index contributed by atoms with van der Waals surface area (Å²) in [6.07, 6.45) is 0. The van der Waals surface area contributed by atoms with E-state index in [9.17, 15) is 4.79 Å². The highest BCUT2D eigenvalue weighted by Gasteiger charge is 2.09. The van der Waals surface area contributed by atoms with Gasteiger partial charge in [-0.2, -0.15) is 0 Å². The number of aryl methyl sites for hydroxylation is 2. The molecule has 0 unspecified atom stereocenters. The summed E-state index contributed by atoms with van der Waals surface area (Å²) in [5.41, 5.74) is 8.43. The van der Waals surface area contributed by atoms with E-state index in [1.165, 1.54) is 0 Å². The van der Waals surface area contributed by atoms with Crippen molar-refractivity contribution in [2.75, 3.05) is 25.9 Å². The molecule has 1 amide bonds. The zero-order valence-electron chi connectivity index (χ0n) is 10.9. The van der Waals surface area contributed by atoms with Crippen LogP contribution in [-0.4, -0.2) is 31.0 Å². The van der Waals surface area contributed by atoms with Crippen LogP contribution in [0.15, 0.2) is 12.1 Å². The van der Waals surface area contributed by atoms with Crippen molar-refractivity contribution in [3.63, 3.8) is 0 Å². The van der Waals surface area contributed by atoms with Gasteiger partial charge < -0.3 is 15.4 Å². The molecule has 0 saturated carbocycles. The SMILES string of the molecule is CCN(C)C(=O)COc1cc(C)c(N)cc1C. The minimum Gasteiger partial charge on any atom is -0.483 e. The van der Waals surface area contributed by atoms with E-state index in [4.69, 9.17) is 10.5 Å². The highest BCUT2D eigenvalue weighted by molar-refractivity contribution is 5.77. The molecule has 0 radical (unpaired) electrons. The lowest BCUT2D eigenvalue weighted by Crippen LogP contribution is -2.31. The number of rotatable bonds is 4. The smallest absolute Gasteiger partial charge is 0.260 e. The maximum Gasteiger partial charge on any atom is 0.260 e. The standard InChI is InChI=1S/C13H20N2O2/c1-5-15(4)13(16)8-17-12-7-9(2)11(14)6-10(12)3/h6-7H,5,8,14H2,1-4H3. The van der Waals surface area contributed by atoms with E-state index in [0.717, 1.165) is 22.6 Å². The van der Waals surface area contributed by atoms with Gasteiger partial charge in [-0.3, -0.25) is 4.79 Å². The third kappa shape index (κ3) is 3.37. The molecule has 0 bridgehead atoms. The Morgan fingerprint density at radius 1 is 1.35 bits per heavy atom. The van der Waals surface area contributed by atoms with Gasteiger partial charge in [0.15, 0.2) is 6.61 Å². The molecule has 1 aromatic rings. The van der Waals surface area contributed by atoms with Crippen LogP contribution in [0.25, 0.3) is 0 Å². The van der Waals surface area contributed by atoms with Crippen LogP contribution in [0.5, 0.6) is 5.75 Å². The van der Waals surface area contributed by atoms with Gasteiger partial charge in [-0.1, -0.05) is 0 Å². The van der Waals surface area contributed by atoms with Crippen molar-refractivity contribution in [3.05, 3.63) is 23.3 Å². The lowest BCUT2D eigenvalue weighted by Gasteiger charge is -2.16. The third-order valence-electron chi connectivity index (χ3n) is 2.81. The average molecular weight is 236 g/mol. The van der Waals surface area contributed by atoms with Crippen LogP contribution in [0, 0.1) is 13.8 Å². The molecule has 2 N–H and O–H groups in total. The normalized spacial score (nSPS) is 10.1. The number of nitrogens with zero attached hydrogens (tertiary/aromatic N) is 1. The molecule has 4 nitrogen and oxygen atoms in total. The number of ether oxygens (including phenoxy) is 1. The van der Waals surface area contributed by atoms with Gasteiger partial charge >= 0.3 is 0 Å². The first kappa shape index (κ1) is 13.4. The fourth-order valence-corrected chi connectivity index (χ4v) is 1.39.